The SMILES string of the molecule is O=C(Cc1cccc2ccccc12)N1CC(Nc2ncccn2)C1. The van der Waals surface area contributed by atoms with Gasteiger partial charge in [-0.1, -0.05) is 42.5 Å². The minimum absolute atomic E-state index is 0.165. The number of fused-ring (bicyclic) bond motifs is 1. The molecule has 5 heteroatoms. The maximum absolute atomic E-state index is 12.5. The third kappa shape index (κ3) is 2.93. The minimum Gasteiger partial charge on any atom is -0.348 e. The molecule has 0 aliphatic carbocycles. The Morgan fingerprint density at radius 2 is 1.79 bits per heavy atom. The number of amides is 1. The van der Waals surface area contributed by atoms with Crippen molar-refractivity contribution >= 4 is 22.6 Å². The van der Waals surface area contributed by atoms with Crippen LogP contribution < -0.4 is 5.32 Å². The zero-order valence-electron chi connectivity index (χ0n) is 13.2. The standard InChI is InChI=1S/C19H18N4O/c24-18(11-15-7-3-6-14-5-1-2-8-17(14)15)23-12-16(13-23)22-19-20-9-4-10-21-19/h1-10,16H,11-13H2,(H,20,21,22). The Balaban J connectivity index is 1.38. The molecule has 1 amide bonds. The second-order valence-corrected chi connectivity index (χ2v) is 6.03. The lowest BCUT2D eigenvalue weighted by Crippen LogP contribution is -2.57. The van der Waals surface area contributed by atoms with E-state index < -0.39 is 0 Å². The van der Waals surface area contributed by atoms with Gasteiger partial charge >= 0.3 is 0 Å². The molecule has 0 bridgehead atoms. The summed E-state index contributed by atoms with van der Waals surface area (Å²) >= 11 is 0. The minimum atomic E-state index is 0.165. The molecule has 4 rings (SSSR count). The second-order valence-electron chi connectivity index (χ2n) is 6.03. The van der Waals surface area contributed by atoms with E-state index in [1.54, 1.807) is 18.5 Å². The van der Waals surface area contributed by atoms with Gasteiger partial charge in [-0.15, -0.1) is 0 Å². The number of nitrogens with one attached hydrogen (secondary N) is 1. The molecule has 0 radical (unpaired) electrons. The molecule has 5 nitrogen and oxygen atoms in total. The summed E-state index contributed by atoms with van der Waals surface area (Å²) in [4.78, 5) is 22.7. The van der Waals surface area contributed by atoms with Crippen LogP contribution in [0.2, 0.25) is 0 Å². The highest BCUT2D eigenvalue weighted by Crippen LogP contribution is 2.21. The summed E-state index contributed by atoms with van der Waals surface area (Å²) in [5.41, 5.74) is 1.08. The topological polar surface area (TPSA) is 58.1 Å². The Morgan fingerprint density at radius 1 is 1.04 bits per heavy atom. The molecule has 2 heterocycles. The van der Waals surface area contributed by atoms with Gasteiger partial charge in [0.05, 0.1) is 12.5 Å². The zero-order valence-corrected chi connectivity index (χ0v) is 13.2. The Bertz CT molecular complexity index is 854. The number of likely N-dealkylation sites (tertiary alicyclic amines) is 1. The maximum Gasteiger partial charge on any atom is 0.227 e. The number of hydrogen-bond acceptors (Lipinski definition) is 4. The first-order valence-corrected chi connectivity index (χ1v) is 8.07. The van der Waals surface area contributed by atoms with Crippen LogP contribution in [0.5, 0.6) is 0 Å². The van der Waals surface area contributed by atoms with E-state index in [9.17, 15) is 4.79 Å². The first kappa shape index (κ1) is 14.6. The number of nitrogens with zero attached hydrogens (tertiary/aromatic N) is 3. The van der Waals surface area contributed by atoms with Crippen LogP contribution in [-0.2, 0) is 11.2 Å². The lowest BCUT2D eigenvalue weighted by atomic mass is 10.0. The molecule has 1 N–H and O–H groups in total. The Kier molecular flexibility index (Phi) is 3.83. The Labute approximate surface area is 140 Å². The van der Waals surface area contributed by atoms with Crippen molar-refractivity contribution in [1.82, 2.24) is 14.9 Å². The van der Waals surface area contributed by atoms with E-state index in [1.165, 1.54) is 5.39 Å². The lowest BCUT2D eigenvalue weighted by molar-refractivity contribution is -0.134. The highest BCUT2D eigenvalue weighted by atomic mass is 16.2. The molecule has 120 valence electrons. The Morgan fingerprint density at radius 3 is 2.62 bits per heavy atom. The molecule has 0 spiro atoms. The highest BCUT2D eigenvalue weighted by molar-refractivity contribution is 5.90. The lowest BCUT2D eigenvalue weighted by Gasteiger charge is -2.39. The van der Waals surface area contributed by atoms with Gasteiger partial charge in [0.15, 0.2) is 0 Å². The van der Waals surface area contributed by atoms with Gasteiger partial charge in [0.25, 0.3) is 0 Å². The van der Waals surface area contributed by atoms with Gasteiger partial charge in [-0.3, -0.25) is 4.79 Å². The van der Waals surface area contributed by atoms with Gasteiger partial charge in [0.2, 0.25) is 11.9 Å². The number of anilines is 1. The van der Waals surface area contributed by atoms with Crippen molar-refractivity contribution in [2.45, 2.75) is 12.5 Å². The van der Waals surface area contributed by atoms with Crippen LogP contribution in [0.4, 0.5) is 5.95 Å². The molecular weight excluding hydrogens is 300 g/mol. The van der Waals surface area contributed by atoms with Gasteiger partial charge in [-0.25, -0.2) is 9.97 Å². The second kappa shape index (κ2) is 6.28. The largest absolute Gasteiger partial charge is 0.348 e. The van der Waals surface area contributed by atoms with E-state index in [-0.39, 0.29) is 11.9 Å². The highest BCUT2D eigenvalue weighted by Gasteiger charge is 2.30. The van der Waals surface area contributed by atoms with Crippen molar-refractivity contribution in [3.05, 3.63) is 66.5 Å². The van der Waals surface area contributed by atoms with Crippen molar-refractivity contribution in [2.24, 2.45) is 0 Å². The summed E-state index contributed by atoms with van der Waals surface area (Å²) in [7, 11) is 0. The van der Waals surface area contributed by atoms with E-state index in [0.29, 0.717) is 25.5 Å². The molecule has 24 heavy (non-hydrogen) atoms. The normalized spacial score (nSPS) is 14.4. The van der Waals surface area contributed by atoms with Gasteiger partial charge in [0, 0.05) is 25.5 Å². The molecule has 1 aromatic heterocycles. The fourth-order valence-corrected chi connectivity index (χ4v) is 3.05. The van der Waals surface area contributed by atoms with E-state index in [4.69, 9.17) is 0 Å². The first-order valence-electron chi connectivity index (χ1n) is 8.07. The van der Waals surface area contributed by atoms with Crippen molar-refractivity contribution < 1.29 is 4.79 Å². The monoisotopic (exact) mass is 318 g/mol. The van der Waals surface area contributed by atoms with E-state index in [1.807, 2.05) is 29.2 Å². The van der Waals surface area contributed by atoms with Crippen molar-refractivity contribution in [3.63, 3.8) is 0 Å². The summed E-state index contributed by atoms with van der Waals surface area (Å²) in [6.45, 7) is 1.39. The van der Waals surface area contributed by atoms with Crippen LogP contribution >= 0.6 is 0 Å². The first-order chi connectivity index (χ1) is 11.8. The van der Waals surface area contributed by atoms with Crippen LogP contribution in [0.15, 0.2) is 60.9 Å². The van der Waals surface area contributed by atoms with E-state index in [0.717, 1.165) is 10.9 Å². The number of carbonyl (C=O) groups excluding carboxylic acids is 1. The Hall–Kier alpha value is -2.95. The number of benzene rings is 2. The molecule has 0 saturated carbocycles. The predicted molar refractivity (Wildman–Crippen MR) is 93.7 cm³/mol. The molecule has 3 aromatic rings. The van der Waals surface area contributed by atoms with Crippen molar-refractivity contribution in [1.29, 1.82) is 0 Å². The quantitative estimate of drug-likeness (QED) is 0.803. The predicted octanol–water partition coefficient (Wildman–Crippen LogP) is 2.50. The van der Waals surface area contributed by atoms with Gasteiger partial charge < -0.3 is 10.2 Å². The molecule has 2 aromatic carbocycles. The molecule has 1 aliphatic rings. The van der Waals surface area contributed by atoms with Crippen LogP contribution in [0.1, 0.15) is 5.56 Å². The molecule has 0 unspecified atom stereocenters. The van der Waals surface area contributed by atoms with Gasteiger partial charge in [0.1, 0.15) is 0 Å². The summed E-state index contributed by atoms with van der Waals surface area (Å²) in [6, 6.07) is 16.3. The van der Waals surface area contributed by atoms with E-state index >= 15 is 0 Å². The third-order valence-corrected chi connectivity index (χ3v) is 4.35. The number of carbonyl (C=O) groups is 1. The van der Waals surface area contributed by atoms with Crippen LogP contribution in [-0.4, -0.2) is 39.9 Å². The van der Waals surface area contributed by atoms with E-state index in [2.05, 4.69) is 33.5 Å². The molecule has 1 aliphatic heterocycles. The number of rotatable bonds is 4. The molecule has 0 atom stereocenters. The molecule has 1 saturated heterocycles. The number of hydrogen-bond donors (Lipinski definition) is 1. The average Bonchev–Trinajstić information content (AvgIpc) is 2.59. The van der Waals surface area contributed by atoms with Gasteiger partial charge in [-0.05, 0) is 22.4 Å². The summed E-state index contributed by atoms with van der Waals surface area (Å²) in [5.74, 6) is 0.780. The maximum atomic E-state index is 12.5. The van der Waals surface area contributed by atoms with Crippen LogP contribution in [0, 0.1) is 0 Å². The van der Waals surface area contributed by atoms with Crippen molar-refractivity contribution in [3.8, 4) is 0 Å². The fraction of sp³-hybridized carbons (Fsp3) is 0.211. The zero-order chi connectivity index (χ0) is 16.4. The van der Waals surface area contributed by atoms with Gasteiger partial charge in [-0.2, -0.15) is 0 Å². The van der Waals surface area contributed by atoms with Crippen molar-refractivity contribution in [2.75, 3.05) is 18.4 Å². The number of aromatic nitrogens is 2. The summed E-state index contributed by atoms with van der Waals surface area (Å²) < 4.78 is 0. The van der Waals surface area contributed by atoms with Crippen LogP contribution in [0.3, 0.4) is 0 Å². The third-order valence-electron chi connectivity index (χ3n) is 4.35. The molecule has 1 fully saturated rings. The summed E-state index contributed by atoms with van der Waals surface area (Å²) in [5, 5.41) is 5.57. The summed E-state index contributed by atoms with van der Waals surface area (Å²) in [6.07, 6.45) is 3.85. The average molecular weight is 318 g/mol. The smallest absolute Gasteiger partial charge is 0.227 e. The van der Waals surface area contributed by atoms with Crippen LogP contribution in [0.25, 0.3) is 10.8 Å². The fourth-order valence-electron chi connectivity index (χ4n) is 3.05. The molecular formula is C19H18N4O.